The normalized spacial score (nSPS) is 23.1. The molecule has 0 unspecified atom stereocenters. The molecule has 6 nitrogen and oxygen atoms in total. The number of hydrogen-bond acceptors (Lipinski definition) is 5. The van der Waals surface area contributed by atoms with E-state index in [9.17, 15) is 9.59 Å². The molecule has 1 aromatic heterocycles. The standard InChI is InChI=1S/C24H32N4O2S/c1-17-12-14-20(15-13-17)28(24(30)21-16-31-27-26-21)22(18-8-4-2-5-9-18)23(29)25-19-10-6-3-7-11-19/h2,4-5,8-9,16-17,19-20,22H,3,6-7,10-15H2,1H3,(H,25,29)/t17?,20?,22-/m1/s1. The molecule has 31 heavy (non-hydrogen) atoms. The first-order valence-electron chi connectivity index (χ1n) is 11.6. The van der Waals surface area contributed by atoms with E-state index < -0.39 is 6.04 Å². The molecule has 2 saturated carbocycles. The highest BCUT2D eigenvalue weighted by atomic mass is 32.1. The van der Waals surface area contributed by atoms with Crippen molar-refractivity contribution in [3.05, 3.63) is 47.0 Å². The van der Waals surface area contributed by atoms with Crippen LogP contribution in [0.15, 0.2) is 35.7 Å². The number of nitrogens with zero attached hydrogens (tertiary/aromatic N) is 3. The average Bonchev–Trinajstić information content (AvgIpc) is 3.34. The van der Waals surface area contributed by atoms with Gasteiger partial charge < -0.3 is 10.2 Å². The molecule has 2 amide bonds. The van der Waals surface area contributed by atoms with E-state index in [0.29, 0.717) is 11.6 Å². The van der Waals surface area contributed by atoms with Gasteiger partial charge in [-0.1, -0.05) is 61.0 Å². The Morgan fingerprint density at radius 1 is 1.03 bits per heavy atom. The second kappa shape index (κ2) is 10.4. The molecule has 4 rings (SSSR count). The molecule has 0 radical (unpaired) electrons. The topological polar surface area (TPSA) is 75.2 Å². The van der Waals surface area contributed by atoms with Gasteiger partial charge in [0.25, 0.3) is 5.91 Å². The first-order valence-corrected chi connectivity index (χ1v) is 12.4. The Labute approximate surface area is 188 Å². The third kappa shape index (κ3) is 5.32. The Kier molecular flexibility index (Phi) is 7.33. The maximum absolute atomic E-state index is 13.7. The van der Waals surface area contributed by atoms with E-state index in [2.05, 4.69) is 21.8 Å². The lowest BCUT2D eigenvalue weighted by Crippen LogP contribution is -2.51. The fourth-order valence-electron chi connectivity index (χ4n) is 5.01. The van der Waals surface area contributed by atoms with Gasteiger partial charge in [-0.3, -0.25) is 9.59 Å². The number of amides is 2. The van der Waals surface area contributed by atoms with E-state index in [1.165, 1.54) is 18.0 Å². The van der Waals surface area contributed by atoms with E-state index in [1.54, 1.807) is 5.38 Å². The van der Waals surface area contributed by atoms with Gasteiger partial charge in [0.2, 0.25) is 5.91 Å². The number of hydrogen-bond donors (Lipinski definition) is 1. The largest absolute Gasteiger partial charge is 0.351 e. The van der Waals surface area contributed by atoms with Gasteiger partial charge in [-0.2, -0.15) is 0 Å². The number of aromatic nitrogens is 2. The summed E-state index contributed by atoms with van der Waals surface area (Å²) in [6.45, 7) is 2.26. The van der Waals surface area contributed by atoms with E-state index in [-0.39, 0.29) is 23.9 Å². The van der Waals surface area contributed by atoms with Gasteiger partial charge in [0.1, 0.15) is 6.04 Å². The molecule has 166 valence electrons. The number of carbonyl (C=O) groups is 2. The highest BCUT2D eigenvalue weighted by Crippen LogP contribution is 2.34. The molecule has 2 aromatic rings. The predicted octanol–water partition coefficient (Wildman–Crippen LogP) is 4.75. The van der Waals surface area contributed by atoms with Gasteiger partial charge in [-0.15, -0.1) is 5.10 Å². The van der Waals surface area contributed by atoms with Crippen LogP contribution in [0.25, 0.3) is 0 Å². The summed E-state index contributed by atoms with van der Waals surface area (Å²) in [6, 6.07) is 9.28. The predicted molar refractivity (Wildman–Crippen MR) is 122 cm³/mol. The first-order chi connectivity index (χ1) is 15.1. The minimum Gasteiger partial charge on any atom is -0.351 e. The summed E-state index contributed by atoms with van der Waals surface area (Å²) in [6.07, 6.45) is 9.50. The van der Waals surface area contributed by atoms with Crippen molar-refractivity contribution in [3.8, 4) is 0 Å². The Balaban J connectivity index is 1.68. The molecule has 0 saturated heterocycles. The lowest BCUT2D eigenvalue weighted by molar-refractivity contribution is -0.128. The lowest BCUT2D eigenvalue weighted by Gasteiger charge is -2.41. The van der Waals surface area contributed by atoms with Crippen LogP contribution in [0.1, 0.15) is 86.8 Å². The highest BCUT2D eigenvalue weighted by molar-refractivity contribution is 7.03. The van der Waals surface area contributed by atoms with E-state index in [4.69, 9.17) is 0 Å². The molecule has 2 aliphatic carbocycles. The van der Waals surface area contributed by atoms with Gasteiger partial charge in [0.15, 0.2) is 5.69 Å². The lowest BCUT2D eigenvalue weighted by atomic mass is 9.85. The van der Waals surface area contributed by atoms with Crippen molar-refractivity contribution >= 4 is 23.3 Å². The van der Waals surface area contributed by atoms with Crippen molar-refractivity contribution in [2.75, 3.05) is 0 Å². The van der Waals surface area contributed by atoms with Gasteiger partial charge in [-0.25, -0.2) is 0 Å². The van der Waals surface area contributed by atoms with E-state index in [0.717, 1.165) is 56.9 Å². The molecule has 2 aliphatic rings. The van der Waals surface area contributed by atoms with Crippen LogP contribution in [0.4, 0.5) is 0 Å². The molecule has 2 fully saturated rings. The second-order valence-electron chi connectivity index (χ2n) is 9.07. The molecule has 7 heteroatoms. The number of benzene rings is 1. The summed E-state index contributed by atoms with van der Waals surface area (Å²) in [5.41, 5.74) is 1.18. The first kappa shape index (κ1) is 21.9. The highest BCUT2D eigenvalue weighted by Gasteiger charge is 2.39. The summed E-state index contributed by atoms with van der Waals surface area (Å²) in [5, 5.41) is 9.01. The van der Waals surface area contributed by atoms with E-state index >= 15 is 0 Å². The van der Waals surface area contributed by atoms with Gasteiger partial charge in [-0.05, 0) is 61.5 Å². The number of carbonyl (C=O) groups excluding carboxylic acids is 2. The van der Waals surface area contributed by atoms with Crippen LogP contribution >= 0.6 is 11.5 Å². The zero-order chi connectivity index (χ0) is 21.6. The molecule has 1 heterocycles. The quantitative estimate of drug-likeness (QED) is 0.703. The Morgan fingerprint density at radius 2 is 1.74 bits per heavy atom. The van der Waals surface area contributed by atoms with Crippen molar-refractivity contribution in [1.29, 1.82) is 0 Å². The summed E-state index contributed by atoms with van der Waals surface area (Å²) >= 11 is 1.17. The monoisotopic (exact) mass is 440 g/mol. The molecule has 1 aromatic carbocycles. The molecule has 0 aliphatic heterocycles. The zero-order valence-electron chi connectivity index (χ0n) is 18.2. The van der Waals surface area contributed by atoms with Gasteiger partial charge in [0, 0.05) is 17.5 Å². The third-order valence-corrected chi connectivity index (χ3v) is 7.29. The van der Waals surface area contributed by atoms with Gasteiger partial charge >= 0.3 is 0 Å². The van der Waals surface area contributed by atoms with E-state index in [1.807, 2.05) is 35.2 Å². The third-order valence-electron chi connectivity index (χ3n) is 6.79. The van der Waals surface area contributed by atoms with Crippen molar-refractivity contribution in [2.24, 2.45) is 5.92 Å². The minimum absolute atomic E-state index is 0.0210. The van der Waals surface area contributed by atoms with Crippen molar-refractivity contribution in [3.63, 3.8) is 0 Å². The summed E-state index contributed by atoms with van der Waals surface area (Å²) in [4.78, 5) is 29.2. The second-order valence-corrected chi connectivity index (χ2v) is 9.68. The number of nitrogens with one attached hydrogen (secondary N) is 1. The van der Waals surface area contributed by atoms with Gasteiger partial charge in [0.05, 0.1) is 0 Å². The maximum atomic E-state index is 13.7. The Bertz CT molecular complexity index is 844. The average molecular weight is 441 g/mol. The van der Waals surface area contributed by atoms with Crippen LogP contribution in [0.5, 0.6) is 0 Å². The van der Waals surface area contributed by atoms with Crippen LogP contribution in [-0.4, -0.2) is 38.4 Å². The van der Waals surface area contributed by atoms with Crippen LogP contribution < -0.4 is 5.32 Å². The molecule has 1 N–H and O–H groups in total. The Hall–Kier alpha value is -2.28. The van der Waals surface area contributed by atoms with Crippen LogP contribution in [0.2, 0.25) is 0 Å². The minimum atomic E-state index is -0.657. The Morgan fingerprint density at radius 3 is 2.39 bits per heavy atom. The van der Waals surface area contributed by atoms with Crippen LogP contribution in [0, 0.1) is 5.92 Å². The smallest absolute Gasteiger partial charge is 0.276 e. The summed E-state index contributed by atoms with van der Waals surface area (Å²) in [5.74, 6) is 0.384. The maximum Gasteiger partial charge on any atom is 0.276 e. The van der Waals surface area contributed by atoms with Crippen LogP contribution in [0.3, 0.4) is 0 Å². The fraction of sp³-hybridized carbons (Fsp3) is 0.583. The summed E-state index contributed by atoms with van der Waals surface area (Å²) in [7, 11) is 0. The summed E-state index contributed by atoms with van der Waals surface area (Å²) < 4.78 is 3.90. The van der Waals surface area contributed by atoms with Crippen molar-refractivity contribution in [1.82, 2.24) is 19.8 Å². The number of rotatable bonds is 6. The fourth-order valence-corrected chi connectivity index (χ4v) is 5.44. The molecule has 0 spiro atoms. The van der Waals surface area contributed by atoms with Crippen LogP contribution in [-0.2, 0) is 4.79 Å². The SMILES string of the molecule is CC1CCC(N(C(=O)c2csnn2)[C@@H](C(=O)NC2CCCCC2)c2ccccc2)CC1. The zero-order valence-corrected chi connectivity index (χ0v) is 19.0. The molecular formula is C24H32N4O2S. The molecule has 0 bridgehead atoms. The van der Waals surface area contributed by atoms with Crippen molar-refractivity contribution in [2.45, 2.75) is 82.8 Å². The molecule has 1 atom stereocenters. The molecular weight excluding hydrogens is 408 g/mol. The van der Waals surface area contributed by atoms with Crippen molar-refractivity contribution < 1.29 is 9.59 Å².